The molecule has 0 unspecified atom stereocenters. The maximum atomic E-state index is 5.01. The lowest BCUT2D eigenvalue weighted by atomic mass is 10.0. The smallest absolute Gasteiger partial charge is 0.181 e. The molecule has 4 heteroatoms. The molecule has 0 radical (unpaired) electrons. The summed E-state index contributed by atoms with van der Waals surface area (Å²) in [5.41, 5.74) is 6.34. The van der Waals surface area contributed by atoms with Crippen molar-refractivity contribution in [2.45, 2.75) is 6.42 Å². The highest BCUT2D eigenvalue weighted by atomic mass is 16.3. The predicted octanol–water partition coefficient (Wildman–Crippen LogP) is 4.59. The van der Waals surface area contributed by atoms with E-state index in [-0.39, 0.29) is 0 Å². The van der Waals surface area contributed by atoms with Crippen LogP contribution in [0.3, 0.4) is 0 Å². The second-order valence-corrected chi connectivity index (χ2v) is 5.32. The molecule has 2 aromatic carbocycles. The number of aromatic nitrogens is 2. The van der Waals surface area contributed by atoms with Gasteiger partial charge in [-0.25, -0.2) is 9.97 Å². The summed E-state index contributed by atoms with van der Waals surface area (Å²) in [6, 6.07) is 16.7. The van der Waals surface area contributed by atoms with Crippen molar-refractivity contribution in [3.05, 3.63) is 85.0 Å². The third kappa shape index (κ3) is 2.92. The van der Waals surface area contributed by atoms with Crippen LogP contribution in [-0.2, 0) is 6.42 Å². The van der Waals surface area contributed by atoms with Gasteiger partial charge in [0.1, 0.15) is 23.9 Å². The van der Waals surface area contributed by atoms with Crippen LogP contribution in [0, 0.1) is 0 Å². The minimum atomic E-state index is 0.855. The van der Waals surface area contributed by atoms with E-state index in [0.717, 1.165) is 28.9 Å². The first-order valence-corrected chi connectivity index (χ1v) is 7.33. The summed E-state index contributed by atoms with van der Waals surface area (Å²) < 4.78 is 10.0. The number of hydrogen-bond donors (Lipinski definition) is 0. The fourth-order valence-electron chi connectivity index (χ4n) is 2.53. The van der Waals surface area contributed by atoms with E-state index < -0.39 is 0 Å². The molecule has 23 heavy (non-hydrogen) atoms. The van der Waals surface area contributed by atoms with Crippen LogP contribution in [-0.4, -0.2) is 9.97 Å². The Labute approximate surface area is 133 Å². The average Bonchev–Trinajstić information content (AvgIpc) is 3.30. The number of nitrogens with zero attached hydrogens (tertiary/aromatic N) is 2. The largest absolute Gasteiger partial charge is 0.451 e. The molecular formula is C19H14N2O2. The molecule has 0 atom stereocenters. The second kappa shape index (κ2) is 5.93. The molecule has 112 valence electrons. The van der Waals surface area contributed by atoms with Gasteiger partial charge in [-0.1, -0.05) is 48.5 Å². The maximum Gasteiger partial charge on any atom is 0.181 e. The molecule has 4 aromatic rings. The summed E-state index contributed by atoms with van der Waals surface area (Å²) in [5, 5.41) is 0. The Morgan fingerprint density at radius 3 is 1.39 bits per heavy atom. The lowest BCUT2D eigenvalue weighted by molar-refractivity contribution is 0.558. The molecule has 0 aliphatic carbocycles. The van der Waals surface area contributed by atoms with Crippen molar-refractivity contribution in [1.29, 1.82) is 0 Å². The van der Waals surface area contributed by atoms with Gasteiger partial charge in [0.15, 0.2) is 12.8 Å². The first-order valence-electron chi connectivity index (χ1n) is 7.33. The van der Waals surface area contributed by atoms with Crippen molar-refractivity contribution in [2.75, 3.05) is 0 Å². The van der Waals surface area contributed by atoms with Crippen LogP contribution < -0.4 is 0 Å². The molecule has 4 nitrogen and oxygen atoms in total. The predicted molar refractivity (Wildman–Crippen MR) is 86.7 cm³/mol. The summed E-state index contributed by atoms with van der Waals surface area (Å²) in [4.78, 5) is 8.31. The van der Waals surface area contributed by atoms with Gasteiger partial charge in [-0.05, 0) is 17.5 Å². The van der Waals surface area contributed by atoms with Crippen LogP contribution in [0.25, 0.3) is 22.5 Å². The lowest BCUT2D eigenvalue weighted by Crippen LogP contribution is -1.89. The van der Waals surface area contributed by atoms with E-state index in [1.807, 2.05) is 0 Å². The van der Waals surface area contributed by atoms with E-state index in [4.69, 9.17) is 8.83 Å². The molecule has 2 heterocycles. The van der Waals surface area contributed by atoms with E-state index in [1.54, 1.807) is 12.5 Å². The summed E-state index contributed by atoms with van der Waals surface area (Å²) >= 11 is 0. The van der Waals surface area contributed by atoms with Gasteiger partial charge in [-0.15, -0.1) is 0 Å². The number of oxazole rings is 2. The third-order valence-corrected chi connectivity index (χ3v) is 3.77. The molecule has 0 aliphatic rings. The molecule has 0 N–H and O–H groups in total. The Balaban J connectivity index is 1.49. The molecule has 4 rings (SSSR count). The Morgan fingerprint density at radius 1 is 0.609 bits per heavy atom. The van der Waals surface area contributed by atoms with E-state index >= 15 is 0 Å². The topological polar surface area (TPSA) is 52.1 Å². The zero-order valence-corrected chi connectivity index (χ0v) is 12.3. The standard InChI is InChI=1S/C19H14N2O2/c1-5-16(18-10-22-12-20-18)6-2-14(1)9-15-3-7-17(8-4-15)19-11-23-13-21-19/h1-8,10-13H,9H2. The Morgan fingerprint density at radius 2 is 1.04 bits per heavy atom. The van der Waals surface area contributed by atoms with Crippen molar-refractivity contribution < 1.29 is 8.83 Å². The first kappa shape index (κ1) is 13.5. The molecule has 0 aliphatic heterocycles. The normalized spacial score (nSPS) is 10.8. The van der Waals surface area contributed by atoms with Crippen LogP contribution in [0.2, 0.25) is 0 Å². The lowest BCUT2D eigenvalue weighted by Gasteiger charge is -2.04. The Bertz CT molecular complexity index is 787. The summed E-state index contributed by atoms with van der Waals surface area (Å²) in [5.74, 6) is 0. The summed E-state index contributed by atoms with van der Waals surface area (Å²) in [6.45, 7) is 0. The minimum Gasteiger partial charge on any atom is -0.451 e. The number of rotatable bonds is 4. The Kier molecular flexibility index (Phi) is 3.48. The van der Waals surface area contributed by atoms with Crippen molar-refractivity contribution in [3.63, 3.8) is 0 Å². The summed E-state index contributed by atoms with van der Waals surface area (Å²) in [6.07, 6.45) is 7.08. The SMILES string of the molecule is c1nc(-c2ccc(Cc3ccc(-c4cocn4)cc3)cc2)co1. The second-order valence-electron chi connectivity index (χ2n) is 5.32. The molecular weight excluding hydrogens is 288 g/mol. The molecule has 2 aromatic heterocycles. The van der Waals surface area contributed by atoms with Gasteiger partial charge < -0.3 is 8.83 Å². The van der Waals surface area contributed by atoms with Gasteiger partial charge in [0.05, 0.1) is 0 Å². The van der Waals surface area contributed by atoms with Gasteiger partial charge in [0.25, 0.3) is 0 Å². The fourth-order valence-corrected chi connectivity index (χ4v) is 2.53. The maximum absolute atomic E-state index is 5.01. The van der Waals surface area contributed by atoms with Crippen molar-refractivity contribution in [1.82, 2.24) is 9.97 Å². The molecule has 0 bridgehead atoms. The number of hydrogen-bond acceptors (Lipinski definition) is 4. The van der Waals surface area contributed by atoms with Crippen LogP contribution in [0.1, 0.15) is 11.1 Å². The summed E-state index contributed by atoms with van der Waals surface area (Å²) in [7, 11) is 0. The van der Waals surface area contributed by atoms with Gasteiger partial charge >= 0.3 is 0 Å². The quantitative estimate of drug-likeness (QED) is 0.553. The monoisotopic (exact) mass is 302 g/mol. The fraction of sp³-hybridized carbons (Fsp3) is 0.0526. The molecule has 0 saturated carbocycles. The zero-order chi connectivity index (χ0) is 15.5. The highest BCUT2D eigenvalue weighted by Gasteiger charge is 2.03. The highest BCUT2D eigenvalue weighted by Crippen LogP contribution is 2.21. The molecule has 0 amide bonds. The first-order chi connectivity index (χ1) is 11.4. The van der Waals surface area contributed by atoms with Crippen LogP contribution >= 0.6 is 0 Å². The van der Waals surface area contributed by atoms with Gasteiger partial charge in [-0.2, -0.15) is 0 Å². The van der Waals surface area contributed by atoms with E-state index in [1.165, 1.54) is 23.9 Å². The zero-order valence-electron chi connectivity index (χ0n) is 12.3. The third-order valence-electron chi connectivity index (χ3n) is 3.77. The van der Waals surface area contributed by atoms with Gasteiger partial charge in [0.2, 0.25) is 0 Å². The van der Waals surface area contributed by atoms with Gasteiger partial charge in [0, 0.05) is 11.1 Å². The molecule has 0 spiro atoms. The van der Waals surface area contributed by atoms with Crippen LogP contribution in [0.15, 0.2) is 82.7 Å². The molecule has 0 fully saturated rings. The Hall–Kier alpha value is -3.14. The van der Waals surface area contributed by atoms with Crippen molar-refractivity contribution in [3.8, 4) is 22.5 Å². The van der Waals surface area contributed by atoms with Crippen LogP contribution in [0.4, 0.5) is 0 Å². The average molecular weight is 302 g/mol. The van der Waals surface area contributed by atoms with E-state index in [0.29, 0.717) is 0 Å². The van der Waals surface area contributed by atoms with Crippen molar-refractivity contribution in [2.24, 2.45) is 0 Å². The van der Waals surface area contributed by atoms with E-state index in [9.17, 15) is 0 Å². The van der Waals surface area contributed by atoms with Gasteiger partial charge in [-0.3, -0.25) is 0 Å². The highest BCUT2D eigenvalue weighted by molar-refractivity contribution is 5.59. The minimum absolute atomic E-state index is 0.855. The number of benzene rings is 2. The van der Waals surface area contributed by atoms with Crippen molar-refractivity contribution >= 4 is 0 Å². The van der Waals surface area contributed by atoms with Crippen LogP contribution in [0.5, 0.6) is 0 Å². The van der Waals surface area contributed by atoms with E-state index in [2.05, 4.69) is 58.5 Å². The molecule has 0 saturated heterocycles.